The van der Waals surface area contributed by atoms with Crippen LogP contribution in [0.2, 0.25) is 0 Å². The number of benzene rings is 2. The van der Waals surface area contributed by atoms with Gasteiger partial charge in [0.25, 0.3) is 11.5 Å². The predicted molar refractivity (Wildman–Crippen MR) is 102 cm³/mol. The number of aromatic nitrogens is 2. The minimum Gasteiger partial charge on any atom is -0.321 e. The molecule has 1 N–H and O–H groups in total. The molecule has 0 spiro atoms. The monoisotopic (exact) mass is 365 g/mol. The van der Waals surface area contributed by atoms with Crippen LogP contribution < -0.4 is 10.9 Å². The average Bonchev–Trinajstić information content (AvgIpc) is 2.65. The smallest absolute Gasteiger partial charge is 0.276 e. The Morgan fingerprint density at radius 1 is 1.04 bits per heavy atom. The SMILES string of the molecule is CC(C)c1ccc(NC(=O)c2ccc(=O)n(Cc3ccc(F)cc3)n2)cc1. The van der Waals surface area contributed by atoms with Gasteiger partial charge in [-0.3, -0.25) is 9.59 Å². The van der Waals surface area contributed by atoms with Crippen molar-refractivity contribution < 1.29 is 9.18 Å². The summed E-state index contributed by atoms with van der Waals surface area (Å²) in [6.07, 6.45) is 0. The number of hydrogen-bond acceptors (Lipinski definition) is 3. The first-order chi connectivity index (χ1) is 12.9. The Labute approximate surface area is 156 Å². The Kier molecular flexibility index (Phi) is 5.45. The third-order valence-corrected chi connectivity index (χ3v) is 4.18. The van der Waals surface area contributed by atoms with E-state index in [4.69, 9.17) is 0 Å². The van der Waals surface area contributed by atoms with Crippen LogP contribution in [-0.2, 0) is 6.54 Å². The highest BCUT2D eigenvalue weighted by Gasteiger charge is 2.11. The second kappa shape index (κ2) is 7.95. The molecule has 2 aromatic carbocycles. The average molecular weight is 365 g/mol. The summed E-state index contributed by atoms with van der Waals surface area (Å²) in [5, 5.41) is 6.91. The second-order valence-corrected chi connectivity index (χ2v) is 6.57. The quantitative estimate of drug-likeness (QED) is 0.748. The molecule has 5 nitrogen and oxygen atoms in total. The summed E-state index contributed by atoms with van der Waals surface area (Å²) in [6.45, 7) is 4.35. The van der Waals surface area contributed by atoms with E-state index in [0.29, 0.717) is 17.2 Å². The molecule has 27 heavy (non-hydrogen) atoms. The summed E-state index contributed by atoms with van der Waals surface area (Å²) >= 11 is 0. The van der Waals surface area contributed by atoms with Gasteiger partial charge in [-0.2, -0.15) is 5.10 Å². The van der Waals surface area contributed by atoms with E-state index in [0.717, 1.165) is 0 Å². The van der Waals surface area contributed by atoms with E-state index < -0.39 is 5.91 Å². The van der Waals surface area contributed by atoms with E-state index in [1.807, 2.05) is 24.3 Å². The lowest BCUT2D eigenvalue weighted by atomic mass is 10.0. The summed E-state index contributed by atoms with van der Waals surface area (Å²) in [4.78, 5) is 24.5. The first-order valence-corrected chi connectivity index (χ1v) is 8.66. The molecule has 138 valence electrons. The van der Waals surface area contributed by atoms with Crippen LogP contribution in [0, 0.1) is 5.82 Å². The largest absolute Gasteiger partial charge is 0.321 e. The first-order valence-electron chi connectivity index (χ1n) is 8.66. The van der Waals surface area contributed by atoms with Crippen molar-refractivity contribution in [2.45, 2.75) is 26.3 Å². The standard InChI is InChI=1S/C21H20FN3O2/c1-14(2)16-5-9-18(10-6-16)23-21(27)19-11-12-20(26)25(24-19)13-15-3-7-17(22)8-4-15/h3-12,14H,13H2,1-2H3,(H,23,27). The van der Waals surface area contributed by atoms with Crippen molar-refractivity contribution in [3.8, 4) is 0 Å². The van der Waals surface area contributed by atoms with Crippen LogP contribution in [-0.4, -0.2) is 15.7 Å². The molecule has 0 aliphatic carbocycles. The van der Waals surface area contributed by atoms with Gasteiger partial charge in [-0.25, -0.2) is 9.07 Å². The first kappa shape index (κ1) is 18.5. The van der Waals surface area contributed by atoms with Crippen molar-refractivity contribution in [3.63, 3.8) is 0 Å². The summed E-state index contributed by atoms with van der Waals surface area (Å²) in [5.41, 5.74) is 2.34. The van der Waals surface area contributed by atoms with Crippen LogP contribution in [0.1, 0.15) is 41.4 Å². The van der Waals surface area contributed by atoms with E-state index in [9.17, 15) is 14.0 Å². The van der Waals surface area contributed by atoms with Crippen molar-refractivity contribution in [2.24, 2.45) is 0 Å². The molecule has 0 saturated carbocycles. The van der Waals surface area contributed by atoms with Crippen LogP contribution in [0.3, 0.4) is 0 Å². The van der Waals surface area contributed by atoms with Crippen molar-refractivity contribution in [2.75, 3.05) is 5.32 Å². The van der Waals surface area contributed by atoms with Gasteiger partial charge in [0.15, 0.2) is 0 Å². The Morgan fingerprint density at radius 3 is 2.33 bits per heavy atom. The summed E-state index contributed by atoms with van der Waals surface area (Å²) in [5.74, 6) is -0.345. The molecule has 0 unspecified atom stereocenters. The number of carbonyl (C=O) groups excluding carboxylic acids is 1. The van der Waals surface area contributed by atoms with Gasteiger partial charge in [0, 0.05) is 11.8 Å². The summed E-state index contributed by atoms with van der Waals surface area (Å²) in [6, 6.07) is 16.1. The molecule has 0 saturated heterocycles. The highest BCUT2D eigenvalue weighted by molar-refractivity contribution is 6.02. The number of rotatable bonds is 5. The molecule has 3 rings (SSSR count). The minimum absolute atomic E-state index is 0.129. The van der Waals surface area contributed by atoms with Crippen LogP contribution in [0.5, 0.6) is 0 Å². The summed E-state index contributed by atoms with van der Waals surface area (Å²) in [7, 11) is 0. The van der Waals surface area contributed by atoms with Gasteiger partial charge < -0.3 is 5.32 Å². The fourth-order valence-electron chi connectivity index (χ4n) is 2.59. The Balaban J connectivity index is 1.77. The number of anilines is 1. The predicted octanol–water partition coefficient (Wildman–Crippen LogP) is 3.81. The zero-order valence-electron chi connectivity index (χ0n) is 15.1. The zero-order chi connectivity index (χ0) is 19.4. The molecule has 0 fully saturated rings. The third kappa shape index (κ3) is 4.67. The molecule has 1 aromatic heterocycles. The highest BCUT2D eigenvalue weighted by atomic mass is 19.1. The van der Waals surface area contributed by atoms with Crippen molar-refractivity contribution >= 4 is 11.6 Å². The van der Waals surface area contributed by atoms with Gasteiger partial charge in [0.05, 0.1) is 6.54 Å². The van der Waals surface area contributed by atoms with Gasteiger partial charge in [0.1, 0.15) is 11.5 Å². The maximum absolute atomic E-state index is 13.0. The minimum atomic E-state index is -0.403. The zero-order valence-corrected chi connectivity index (χ0v) is 15.1. The molecule has 0 radical (unpaired) electrons. The lowest BCUT2D eigenvalue weighted by Crippen LogP contribution is -2.26. The molecule has 0 bridgehead atoms. The number of halogens is 1. The Bertz CT molecular complexity index is 993. The van der Waals surface area contributed by atoms with E-state index >= 15 is 0 Å². The van der Waals surface area contributed by atoms with Crippen LogP contribution in [0.25, 0.3) is 0 Å². The summed E-state index contributed by atoms with van der Waals surface area (Å²) < 4.78 is 14.2. The molecule has 0 aliphatic heterocycles. The maximum Gasteiger partial charge on any atom is 0.276 e. The van der Waals surface area contributed by atoms with Gasteiger partial charge in [-0.1, -0.05) is 38.1 Å². The second-order valence-electron chi connectivity index (χ2n) is 6.57. The number of carbonyl (C=O) groups is 1. The molecular weight excluding hydrogens is 345 g/mol. The number of amides is 1. The van der Waals surface area contributed by atoms with Gasteiger partial charge in [-0.05, 0) is 47.4 Å². The van der Waals surface area contributed by atoms with Gasteiger partial charge in [0.2, 0.25) is 0 Å². The van der Waals surface area contributed by atoms with E-state index in [2.05, 4.69) is 24.3 Å². The Morgan fingerprint density at radius 2 is 1.70 bits per heavy atom. The maximum atomic E-state index is 13.0. The van der Waals surface area contributed by atoms with Crippen LogP contribution >= 0.6 is 0 Å². The van der Waals surface area contributed by atoms with Crippen LogP contribution in [0.15, 0.2) is 65.5 Å². The van der Waals surface area contributed by atoms with Crippen molar-refractivity contribution in [1.82, 2.24) is 9.78 Å². The molecule has 6 heteroatoms. The van der Waals surface area contributed by atoms with E-state index in [-0.39, 0.29) is 23.6 Å². The molecule has 1 heterocycles. The molecule has 1 amide bonds. The Hall–Kier alpha value is -3.28. The number of nitrogens with zero attached hydrogens (tertiary/aromatic N) is 2. The number of nitrogens with one attached hydrogen (secondary N) is 1. The highest BCUT2D eigenvalue weighted by Crippen LogP contribution is 2.17. The fraction of sp³-hybridized carbons (Fsp3) is 0.190. The third-order valence-electron chi connectivity index (χ3n) is 4.18. The number of hydrogen-bond donors (Lipinski definition) is 1. The molecule has 0 atom stereocenters. The lowest BCUT2D eigenvalue weighted by molar-refractivity contribution is 0.102. The van der Waals surface area contributed by atoms with Crippen LogP contribution in [0.4, 0.5) is 10.1 Å². The topological polar surface area (TPSA) is 64.0 Å². The normalized spacial score (nSPS) is 10.8. The molecule has 3 aromatic rings. The fourth-order valence-corrected chi connectivity index (χ4v) is 2.59. The van der Waals surface area contributed by atoms with E-state index in [1.54, 1.807) is 12.1 Å². The van der Waals surface area contributed by atoms with Gasteiger partial charge >= 0.3 is 0 Å². The molecular formula is C21H20FN3O2. The molecule has 0 aliphatic rings. The lowest BCUT2D eigenvalue weighted by Gasteiger charge is -2.09. The van der Waals surface area contributed by atoms with Gasteiger partial charge in [-0.15, -0.1) is 0 Å². The van der Waals surface area contributed by atoms with Crippen molar-refractivity contribution in [3.05, 3.63) is 93.7 Å². The van der Waals surface area contributed by atoms with Crippen molar-refractivity contribution in [1.29, 1.82) is 0 Å². The van der Waals surface area contributed by atoms with E-state index in [1.165, 1.54) is 34.5 Å².